The molecule has 1 aromatic carbocycles. The van der Waals surface area contributed by atoms with E-state index in [1.165, 1.54) is 0 Å². The second-order valence-electron chi connectivity index (χ2n) is 3.40. The predicted molar refractivity (Wildman–Crippen MR) is 61.8 cm³/mol. The van der Waals surface area contributed by atoms with E-state index >= 15 is 0 Å². The van der Waals surface area contributed by atoms with E-state index in [2.05, 4.69) is 15.0 Å². The molecule has 0 atom stereocenters. The molecule has 0 unspecified atom stereocenters. The first-order valence-corrected chi connectivity index (χ1v) is 5.35. The van der Waals surface area contributed by atoms with E-state index in [0.717, 1.165) is 18.2 Å². The lowest BCUT2D eigenvalue weighted by Crippen LogP contribution is -2.05. The van der Waals surface area contributed by atoms with E-state index in [1.54, 1.807) is 6.92 Å². The fraction of sp³-hybridized carbons (Fsp3) is 0.182. The van der Waals surface area contributed by atoms with Gasteiger partial charge in [0.1, 0.15) is 17.4 Å². The molecule has 0 amide bonds. The minimum absolute atomic E-state index is 0.0260. The first-order valence-electron chi connectivity index (χ1n) is 5.35. The number of nitrogens with zero attached hydrogens (tertiary/aromatic N) is 3. The molecule has 0 fully saturated rings. The number of nitrogens with two attached hydrogens (primary N) is 1. The van der Waals surface area contributed by atoms with Crippen LogP contribution in [0.2, 0.25) is 0 Å². The van der Waals surface area contributed by atoms with Gasteiger partial charge >= 0.3 is 12.0 Å². The van der Waals surface area contributed by atoms with Crippen molar-refractivity contribution in [3.63, 3.8) is 0 Å². The summed E-state index contributed by atoms with van der Waals surface area (Å²) in [4.78, 5) is 11.2. The van der Waals surface area contributed by atoms with Crippen molar-refractivity contribution in [2.75, 3.05) is 12.3 Å². The smallest absolute Gasteiger partial charge is 0.330 e. The van der Waals surface area contributed by atoms with Gasteiger partial charge in [0.15, 0.2) is 0 Å². The minimum Gasteiger partial charge on any atom is -0.464 e. The lowest BCUT2D eigenvalue weighted by atomic mass is 10.3. The summed E-state index contributed by atoms with van der Waals surface area (Å²) in [6.45, 7) is 2.07. The molecule has 2 N–H and O–H groups in total. The first kappa shape index (κ1) is 12.9. The second kappa shape index (κ2) is 5.42. The lowest BCUT2D eigenvalue weighted by molar-refractivity contribution is 0.304. The van der Waals surface area contributed by atoms with Crippen molar-refractivity contribution in [2.24, 2.45) is 0 Å². The Labute approximate surface area is 107 Å². The number of nitrogen functional groups attached to an aromatic ring is 1. The van der Waals surface area contributed by atoms with Crippen LogP contribution in [-0.2, 0) is 0 Å². The molecule has 0 radical (unpaired) electrons. The third-order valence-electron chi connectivity index (χ3n) is 1.93. The van der Waals surface area contributed by atoms with Crippen LogP contribution in [0.25, 0.3) is 0 Å². The van der Waals surface area contributed by atoms with Crippen LogP contribution in [0.3, 0.4) is 0 Å². The quantitative estimate of drug-likeness (QED) is 0.912. The van der Waals surface area contributed by atoms with Crippen LogP contribution in [0.5, 0.6) is 17.8 Å². The Kier molecular flexibility index (Phi) is 3.69. The summed E-state index contributed by atoms with van der Waals surface area (Å²) in [5.74, 6) is -1.76. The van der Waals surface area contributed by atoms with Gasteiger partial charge in [-0.2, -0.15) is 9.97 Å². The molecule has 0 spiro atoms. The predicted octanol–water partition coefficient (Wildman–Crippen LogP) is 1.92. The van der Waals surface area contributed by atoms with Gasteiger partial charge in [-0.25, -0.2) is 8.78 Å². The third kappa shape index (κ3) is 3.47. The number of aromatic nitrogens is 3. The van der Waals surface area contributed by atoms with E-state index in [4.69, 9.17) is 15.2 Å². The number of benzene rings is 1. The Bertz CT molecular complexity index is 575. The fourth-order valence-corrected chi connectivity index (χ4v) is 1.28. The molecular weight excluding hydrogens is 258 g/mol. The Morgan fingerprint density at radius 2 is 1.68 bits per heavy atom. The standard InChI is InChI=1S/C11H10F2N4O2/c1-2-18-10-15-9(14)16-11(17-10)19-8-4-6(12)3-7(13)5-8/h3-5H,2H2,1H3,(H2,14,15,16,17). The van der Waals surface area contributed by atoms with E-state index in [-0.39, 0.29) is 23.7 Å². The van der Waals surface area contributed by atoms with Gasteiger partial charge < -0.3 is 15.2 Å². The van der Waals surface area contributed by atoms with E-state index in [9.17, 15) is 8.78 Å². The van der Waals surface area contributed by atoms with Crippen molar-refractivity contribution in [1.82, 2.24) is 15.0 Å². The summed E-state index contributed by atoms with van der Waals surface area (Å²) in [6.07, 6.45) is 0. The van der Waals surface area contributed by atoms with Gasteiger partial charge in [-0.05, 0) is 6.92 Å². The summed E-state index contributed by atoms with van der Waals surface area (Å²) >= 11 is 0. The van der Waals surface area contributed by atoms with Crippen LogP contribution in [0.4, 0.5) is 14.7 Å². The van der Waals surface area contributed by atoms with E-state index in [0.29, 0.717) is 6.61 Å². The normalized spacial score (nSPS) is 10.3. The molecule has 2 rings (SSSR count). The van der Waals surface area contributed by atoms with Gasteiger partial charge in [-0.1, -0.05) is 0 Å². The molecule has 1 aromatic heterocycles. The minimum atomic E-state index is -0.776. The van der Waals surface area contributed by atoms with Gasteiger partial charge in [-0.3, -0.25) is 0 Å². The molecule has 0 saturated heterocycles. The fourth-order valence-electron chi connectivity index (χ4n) is 1.28. The Hall–Kier alpha value is -2.51. The van der Waals surface area contributed by atoms with Crippen LogP contribution in [-0.4, -0.2) is 21.6 Å². The Balaban J connectivity index is 2.27. The topological polar surface area (TPSA) is 83.2 Å². The molecule has 1 heterocycles. The van der Waals surface area contributed by atoms with Gasteiger partial charge in [-0.15, -0.1) is 4.98 Å². The maximum absolute atomic E-state index is 13.0. The number of rotatable bonds is 4. The van der Waals surface area contributed by atoms with Crippen molar-refractivity contribution in [2.45, 2.75) is 6.92 Å². The van der Waals surface area contributed by atoms with Crippen LogP contribution >= 0.6 is 0 Å². The van der Waals surface area contributed by atoms with Gasteiger partial charge in [0, 0.05) is 18.2 Å². The molecule has 6 nitrogen and oxygen atoms in total. The van der Waals surface area contributed by atoms with Crippen LogP contribution in [0.1, 0.15) is 6.92 Å². The number of hydrogen-bond donors (Lipinski definition) is 1. The largest absolute Gasteiger partial charge is 0.464 e. The van der Waals surface area contributed by atoms with Crippen LogP contribution < -0.4 is 15.2 Å². The zero-order valence-corrected chi connectivity index (χ0v) is 9.93. The Morgan fingerprint density at radius 1 is 1.05 bits per heavy atom. The number of ether oxygens (including phenoxy) is 2. The molecular formula is C11H10F2N4O2. The van der Waals surface area contributed by atoms with Gasteiger partial charge in [0.05, 0.1) is 6.61 Å². The molecule has 19 heavy (non-hydrogen) atoms. The highest BCUT2D eigenvalue weighted by atomic mass is 19.1. The number of anilines is 1. The van der Waals surface area contributed by atoms with Crippen molar-refractivity contribution in [3.05, 3.63) is 29.8 Å². The second-order valence-corrected chi connectivity index (χ2v) is 3.40. The SMILES string of the molecule is CCOc1nc(N)nc(Oc2cc(F)cc(F)c2)n1. The summed E-state index contributed by atoms with van der Waals surface area (Å²) in [6, 6.07) is 2.47. The molecule has 100 valence electrons. The average molecular weight is 268 g/mol. The molecule has 0 aliphatic carbocycles. The van der Waals surface area contributed by atoms with E-state index < -0.39 is 11.6 Å². The van der Waals surface area contributed by atoms with Crippen molar-refractivity contribution >= 4 is 5.95 Å². The summed E-state index contributed by atoms with van der Waals surface area (Å²) in [7, 11) is 0. The van der Waals surface area contributed by atoms with Crippen LogP contribution in [0.15, 0.2) is 18.2 Å². The highest BCUT2D eigenvalue weighted by Crippen LogP contribution is 2.21. The first-order chi connectivity index (χ1) is 9.06. The van der Waals surface area contributed by atoms with Crippen molar-refractivity contribution < 1.29 is 18.3 Å². The molecule has 8 heteroatoms. The molecule has 0 aliphatic rings. The summed E-state index contributed by atoms with van der Waals surface area (Å²) in [5.41, 5.74) is 5.43. The summed E-state index contributed by atoms with van der Waals surface area (Å²) < 4.78 is 36.1. The average Bonchev–Trinajstić information content (AvgIpc) is 2.26. The highest BCUT2D eigenvalue weighted by molar-refractivity contribution is 5.28. The van der Waals surface area contributed by atoms with E-state index in [1.807, 2.05) is 0 Å². The molecule has 0 aliphatic heterocycles. The van der Waals surface area contributed by atoms with Crippen molar-refractivity contribution in [1.29, 1.82) is 0 Å². The Morgan fingerprint density at radius 3 is 2.32 bits per heavy atom. The van der Waals surface area contributed by atoms with Crippen molar-refractivity contribution in [3.8, 4) is 17.8 Å². The van der Waals surface area contributed by atoms with Gasteiger partial charge in [0.25, 0.3) is 0 Å². The monoisotopic (exact) mass is 268 g/mol. The maximum atomic E-state index is 13.0. The van der Waals surface area contributed by atoms with Gasteiger partial charge in [0.2, 0.25) is 5.95 Å². The third-order valence-corrected chi connectivity index (χ3v) is 1.93. The zero-order chi connectivity index (χ0) is 13.8. The highest BCUT2D eigenvalue weighted by Gasteiger charge is 2.09. The molecule has 2 aromatic rings. The zero-order valence-electron chi connectivity index (χ0n) is 9.93. The molecule has 0 saturated carbocycles. The molecule has 0 bridgehead atoms. The van der Waals surface area contributed by atoms with Crippen LogP contribution in [0, 0.1) is 11.6 Å². The maximum Gasteiger partial charge on any atom is 0.330 e. The number of halogens is 2. The summed E-state index contributed by atoms with van der Waals surface area (Å²) in [5, 5.41) is 0. The lowest BCUT2D eigenvalue weighted by Gasteiger charge is -2.06. The number of hydrogen-bond acceptors (Lipinski definition) is 6.